The van der Waals surface area contributed by atoms with Crippen molar-refractivity contribution in [2.75, 3.05) is 25.0 Å². The molecule has 0 atom stereocenters. The van der Waals surface area contributed by atoms with E-state index in [4.69, 9.17) is 17.3 Å². The van der Waals surface area contributed by atoms with Crippen molar-refractivity contribution in [1.82, 2.24) is 9.80 Å². The zero-order chi connectivity index (χ0) is 19.9. The minimum atomic E-state index is -1.09. The summed E-state index contributed by atoms with van der Waals surface area (Å²) in [5.41, 5.74) is 3.67. The van der Waals surface area contributed by atoms with Gasteiger partial charge >= 0.3 is 5.97 Å². The molecule has 1 saturated heterocycles. The Hall–Kier alpha value is -2.67. The summed E-state index contributed by atoms with van der Waals surface area (Å²) in [5, 5.41) is 9.21. The molecule has 3 rings (SSSR count). The molecule has 1 N–H and O–H groups in total. The van der Waals surface area contributed by atoms with E-state index in [1.807, 2.05) is 18.2 Å². The fraction of sp³-hybridized carbons (Fsp3) is 0.350. The Bertz CT molecular complexity index is 888. The van der Waals surface area contributed by atoms with Gasteiger partial charge in [0.05, 0.1) is 0 Å². The summed E-state index contributed by atoms with van der Waals surface area (Å²) in [7, 11) is 1.68. The van der Waals surface area contributed by atoms with Crippen LogP contribution in [0.4, 0.5) is 5.69 Å². The third kappa shape index (κ3) is 3.02. The van der Waals surface area contributed by atoms with E-state index in [-0.39, 0.29) is 10.5 Å². The fourth-order valence-electron chi connectivity index (χ4n) is 3.75. The average Bonchev–Trinajstić information content (AvgIpc) is 2.96. The molecule has 0 saturated carbocycles. The largest absolute Gasteiger partial charge is 0.480 e. The van der Waals surface area contributed by atoms with Gasteiger partial charge in [-0.05, 0) is 42.9 Å². The van der Waals surface area contributed by atoms with Crippen LogP contribution in [0.1, 0.15) is 26.3 Å². The van der Waals surface area contributed by atoms with Crippen LogP contribution in [0.5, 0.6) is 0 Å². The monoisotopic (exact) mass is 385 g/mol. The number of likely N-dealkylation sites (N-methyl/N-ethyl adjacent to an activating group) is 2. The van der Waals surface area contributed by atoms with Crippen molar-refractivity contribution in [3.05, 3.63) is 53.4 Å². The smallest absolute Gasteiger partial charge is 0.323 e. The van der Waals surface area contributed by atoms with Gasteiger partial charge in [0.1, 0.15) is 12.2 Å². The van der Waals surface area contributed by atoms with Gasteiger partial charge in [0, 0.05) is 30.4 Å². The molecule has 0 bridgehead atoms. The van der Waals surface area contributed by atoms with Crippen LogP contribution in [0, 0.1) is 0 Å². The molecule has 6 nitrogen and oxygen atoms in total. The van der Waals surface area contributed by atoms with Crippen LogP contribution in [0.2, 0.25) is 0 Å². The molecule has 1 aromatic carbocycles. The van der Waals surface area contributed by atoms with Crippen LogP contribution in [-0.4, -0.2) is 52.0 Å². The minimum absolute atomic E-state index is 0.202. The quantitative estimate of drug-likeness (QED) is 0.635. The number of thiocarbonyl (C=S) groups is 1. The lowest BCUT2D eigenvalue weighted by Crippen LogP contribution is -2.35. The number of carboxylic acid groups (broad SMARTS) is 1. The maximum atomic E-state index is 12.6. The summed E-state index contributed by atoms with van der Waals surface area (Å²) < 4.78 is 0. The van der Waals surface area contributed by atoms with Crippen LogP contribution in [0.3, 0.4) is 0 Å². The number of nitrogens with zero attached hydrogens (tertiary/aromatic N) is 3. The summed E-state index contributed by atoms with van der Waals surface area (Å²) in [4.78, 5) is 28.5. The van der Waals surface area contributed by atoms with E-state index >= 15 is 0 Å². The zero-order valence-corrected chi connectivity index (χ0v) is 16.7. The number of benzene rings is 1. The molecule has 142 valence electrons. The first kappa shape index (κ1) is 19.1. The number of carbonyl (C=O) groups is 2. The lowest BCUT2D eigenvalue weighted by atomic mass is 9.83. The van der Waals surface area contributed by atoms with E-state index in [1.54, 1.807) is 18.0 Å². The molecule has 1 fully saturated rings. The van der Waals surface area contributed by atoms with Gasteiger partial charge < -0.3 is 14.9 Å². The maximum absolute atomic E-state index is 12.6. The third-order valence-corrected chi connectivity index (χ3v) is 5.65. The highest BCUT2D eigenvalue weighted by Crippen LogP contribution is 2.47. The number of carboxylic acids is 1. The Morgan fingerprint density at radius 1 is 1.22 bits per heavy atom. The number of hydrogen-bond donors (Lipinski definition) is 1. The van der Waals surface area contributed by atoms with Crippen molar-refractivity contribution in [2.24, 2.45) is 0 Å². The molecule has 2 aliphatic heterocycles. The van der Waals surface area contributed by atoms with Gasteiger partial charge in [-0.3, -0.25) is 14.5 Å². The van der Waals surface area contributed by atoms with E-state index in [0.29, 0.717) is 5.70 Å². The normalized spacial score (nSPS) is 21.6. The predicted molar refractivity (Wildman–Crippen MR) is 108 cm³/mol. The number of anilines is 1. The Morgan fingerprint density at radius 3 is 2.52 bits per heavy atom. The van der Waals surface area contributed by atoms with Gasteiger partial charge in [-0.15, -0.1) is 0 Å². The zero-order valence-electron chi connectivity index (χ0n) is 15.9. The van der Waals surface area contributed by atoms with Gasteiger partial charge in [-0.25, -0.2) is 0 Å². The van der Waals surface area contributed by atoms with E-state index in [2.05, 4.69) is 37.8 Å². The third-order valence-electron chi connectivity index (χ3n) is 5.15. The van der Waals surface area contributed by atoms with Gasteiger partial charge in [-0.2, -0.15) is 0 Å². The molecular formula is C20H23N3O3S. The van der Waals surface area contributed by atoms with E-state index < -0.39 is 18.4 Å². The summed E-state index contributed by atoms with van der Waals surface area (Å²) in [5.74, 6) is -1.48. The molecule has 1 aromatic rings. The van der Waals surface area contributed by atoms with Gasteiger partial charge in [-0.1, -0.05) is 32.0 Å². The summed E-state index contributed by atoms with van der Waals surface area (Å²) in [6.07, 6.45) is 3.68. The molecule has 27 heavy (non-hydrogen) atoms. The molecule has 2 aliphatic rings. The number of carbonyl (C=O) groups excluding carboxylic acids is 1. The number of aliphatic carboxylic acids is 1. The van der Waals surface area contributed by atoms with Crippen molar-refractivity contribution < 1.29 is 14.7 Å². The lowest BCUT2D eigenvalue weighted by Gasteiger charge is -2.26. The molecule has 0 unspecified atom stereocenters. The molecule has 7 heteroatoms. The first-order valence-corrected chi connectivity index (χ1v) is 9.21. The first-order valence-electron chi connectivity index (χ1n) is 8.81. The number of fused-ring (bicyclic) bond motifs is 1. The molecule has 2 heterocycles. The van der Waals surface area contributed by atoms with Gasteiger partial charge in [0.2, 0.25) is 0 Å². The second-order valence-electron chi connectivity index (χ2n) is 7.12. The van der Waals surface area contributed by atoms with Gasteiger partial charge in [0.15, 0.2) is 5.11 Å². The topological polar surface area (TPSA) is 64.1 Å². The average molecular weight is 385 g/mol. The van der Waals surface area contributed by atoms with Crippen molar-refractivity contribution in [3.63, 3.8) is 0 Å². The Morgan fingerprint density at radius 2 is 1.89 bits per heavy atom. The number of rotatable bonds is 4. The Balaban J connectivity index is 2.01. The highest BCUT2D eigenvalue weighted by atomic mass is 32.1. The predicted octanol–water partition coefficient (Wildman–Crippen LogP) is 2.72. The SMILES string of the molecule is CCN1C(=CC=C2C(=O)N(CC(=O)O)C(=S)N2C)C(C)(C)c2ccccc21. The molecular weight excluding hydrogens is 362 g/mol. The molecule has 0 radical (unpaired) electrons. The van der Waals surface area contributed by atoms with Crippen LogP contribution < -0.4 is 4.90 Å². The van der Waals surface area contributed by atoms with E-state index in [0.717, 1.165) is 17.1 Å². The Labute approximate surface area is 164 Å². The maximum Gasteiger partial charge on any atom is 0.323 e. The van der Waals surface area contributed by atoms with Crippen molar-refractivity contribution in [1.29, 1.82) is 0 Å². The molecule has 0 aromatic heterocycles. The van der Waals surface area contributed by atoms with E-state index in [9.17, 15) is 9.59 Å². The molecule has 0 spiro atoms. The number of amides is 1. The van der Waals surface area contributed by atoms with Crippen LogP contribution in [0.25, 0.3) is 0 Å². The summed E-state index contributed by atoms with van der Waals surface area (Å²) in [6.45, 7) is 6.78. The summed E-state index contributed by atoms with van der Waals surface area (Å²) in [6, 6.07) is 8.29. The highest BCUT2D eigenvalue weighted by Gasteiger charge is 2.40. The van der Waals surface area contributed by atoms with E-state index in [1.165, 1.54) is 11.3 Å². The van der Waals surface area contributed by atoms with Gasteiger partial charge in [0.25, 0.3) is 5.91 Å². The number of allylic oxidation sites excluding steroid dienone is 3. The van der Waals surface area contributed by atoms with Crippen molar-refractivity contribution in [2.45, 2.75) is 26.2 Å². The Kier molecular flexibility index (Phi) is 4.82. The minimum Gasteiger partial charge on any atom is -0.480 e. The standard InChI is InChI=1S/C20H23N3O3S/c1-5-22-14-9-7-6-8-13(14)20(2,3)16(22)11-10-15-18(26)23(12-17(24)25)19(27)21(15)4/h6-11H,5,12H2,1-4H3,(H,24,25). The van der Waals surface area contributed by atoms with Crippen molar-refractivity contribution >= 4 is 34.9 Å². The molecule has 0 aliphatic carbocycles. The lowest BCUT2D eigenvalue weighted by molar-refractivity contribution is -0.140. The van der Waals surface area contributed by atoms with Crippen LogP contribution >= 0.6 is 12.2 Å². The number of hydrogen-bond acceptors (Lipinski definition) is 4. The fourth-order valence-corrected chi connectivity index (χ4v) is 4.00. The highest BCUT2D eigenvalue weighted by molar-refractivity contribution is 7.80. The second kappa shape index (κ2) is 6.81. The van der Waals surface area contributed by atoms with Crippen LogP contribution in [-0.2, 0) is 15.0 Å². The number of para-hydroxylation sites is 1. The first-order chi connectivity index (χ1) is 12.7. The second-order valence-corrected chi connectivity index (χ2v) is 7.48. The summed E-state index contributed by atoms with van der Waals surface area (Å²) >= 11 is 5.23. The van der Waals surface area contributed by atoms with Crippen LogP contribution in [0.15, 0.2) is 47.8 Å². The molecule has 1 amide bonds. The van der Waals surface area contributed by atoms with Crippen molar-refractivity contribution in [3.8, 4) is 0 Å².